The molecule has 2 rings (SSSR count). The maximum absolute atomic E-state index is 12.3. The molecule has 0 spiro atoms. The Balaban J connectivity index is 1.96. The summed E-state index contributed by atoms with van der Waals surface area (Å²) in [6.07, 6.45) is 0.607. The van der Waals surface area contributed by atoms with Gasteiger partial charge in [-0.2, -0.15) is 0 Å². The normalized spacial score (nSPS) is 11.9. The highest BCUT2D eigenvalue weighted by Gasteiger charge is 2.19. The molecule has 0 radical (unpaired) electrons. The Morgan fingerprint density at radius 2 is 2.14 bits per heavy atom. The number of aromatic nitrogens is 1. The largest absolute Gasteiger partial charge is 0.312 e. The molecule has 116 valence electrons. The first-order valence-electron chi connectivity index (χ1n) is 6.70. The lowest BCUT2D eigenvalue weighted by molar-refractivity contribution is 0.579. The SMILES string of the molecule is CCNCc1sccc1S(=O)(=O)NCCc1csc(C)n1. The molecule has 0 aromatic carbocycles. The molecule has 0 aliphatic heterocycles. The van der Waals surface area contributed by atoms with Gasteiger partial charge in [0.15, 0.2) is 0 Å². The van der Waals surface area contributed by atoms with E-state index < -0.39 is 10.0 Å². The van der Waals surface area contributed by atoms with Gasteiger partial charge in [-0.1, -0.05) is 6.92 Å². The van der Waals surface area contributed by atoms with Gasteiger partial charge in [0, 0.05) is 29.8 Å². The van der Waals surface area contributed by atoms with Crippen molar-refractivity contribution in [1.29, 1.82) is 0 Å². The number of hydrogen-bond donors (Lipinski definition) is 2. The van der Waals surface area contributed by atoms with Crippen molar-refractivity contribution >= 4 is 32.7 Å². The van der Waals surface area contributed by atoms with Crippen molar-refractivity contribution in [2.45, 2.75) is 31.7 Å². The molecule has 0 fully saturated rings. The predicted molar refractivity (Wildman–Crippen MR) is 87.4 cm³/mol. The van der Waals surface area contributed by atoms with Crippen molar-refractivity contribution in [2.24, 2.45) is 0 Å². The van der Waals surface area contributed by atoms with Crippen molar-refractivity contribution in [1.82, 2.24) is 15.0 Å². The number of rotatable bonds is 8. The van der Waals surface area contributed by atoms with E-state index in [9.17, 15) is 8.42 Å². The van der Waals surface area contributed by atoms with Crippen molar-refractivity contribution in [3.05, 3.63) is 32.4 Å². The van der Waals surface area contributed by atoms with E-state index in [0.29, 0.717) is 24.4 Å². The zero-order valence-electron chi connectivity index (χ0n) is 12.0. The lowest BCUT2D eigenvalue weighted by Gasteiger charge is -2.07. The van der Waals surface area contributed by atoms with Crippen LogP contribution in [0.2, 0.25) is 0 Å². The van der Waals surface area contributed by atoms with Gasteiger partial charge in [-0.3, -0.25) is 0 Å². The summed E-state index contributed by atoms with van der Waals surface area (Å²) < 4.78 is 27.3. The number of nitrogens with zero attached hydrogens (tertiary/aromatic N) is 1. The van der Waals surface area contributed by atoms with Crippen LogP contribution in [-0.2, 0) is 23.0 Å². The number of thiazole rings is 1. The minimum Gasteiger partial charge on any atom is -0.312 e. The van der Waals surface area contributed by atoms with Crippen molar-refractivity contribution in [3.63, 3.8) is 0 Å². The standard InChI is InChI=1S/C13H19N3O2S3/c1-3-14-8-12-13(5-7-19-12)21(17,18)15-6-4-11-9-20-10(2)16-11/h5,7,9,14-15H,3-4,6,8H2,1-2H3. The molecule has 0 unspecified atom stereocenters. The van der Waals surface area contributed by atoms with Gasteiger partial charge in [-0.15, -0.1) is 22.7 Å². The summed E-state index contributed by atoms with van der Waals surface area (Å²) in [6, 6.07) is 1.66. The summed E-state index contributed by atoms with van der Waals surface area (Å²) in [6.45, 7) is 5.69. The van der Waals surface area contributed by atoms with Gasteiger partial charge in [0.25, 0.3) is 0 Å². The molecule has 5 nitrogen and oxygen atoms in total. The quantitative estimate of drug-likeness (QED) is 0.769. The maximum atomic E-state index is 12.3. The van der Waals surface area contributed by atoms with Crippen LogP contribution in [0.1, 0.15) is 22.5 Å². The highest BCUT2D eigenvalue weighted by atomic mass is 32.2. The van der Waals surface area contributed by atoms with Gasteiger partial charge in [0.05, 0.1) is 15.6 Å². The Morgan fingerprint density at radius 1 is 1.33 bits per heavy atom. The summed E-state index contributed by atoms with van der Waals surface area (Å²) in [4.78, 5) is 5.55. The zero-order chi connectivity index (χ0) is 15.3. The minimum atomic E-state index is -3.45. The molecule has 2 aromatic heterocycles. The molecule has 0 saturated carbocycles. The van der Waals surface area contributed by atoms with Crippen LogP contribution >= 0.6 is 22.7 Å². The molecule has 0 aliphatic carbocycles. The first-order chi connectivity index (χ1) is 10.0. The summed E-state index contributed by atoms with van der Waals surface area (Å²) in [5, 5.41) is 7.93. The average Bonchev–Trinajstić information content (AvgIpc) is 3.05. The molecule has 0 amide bonds. The third-order valence-corrected chi connectivity index (χ3v) is 6.29. The van der Waals surface area contributed by atoms with E-state index >= 15 is 0 Å². The van der Waals surface area contributed by atoms with Crippen LogP contribution in [0.4, 0.5) is 0 Å². The van der Waals surface area contributed by atoms with E-state index in [1.165, 1.54) is 11.3 Å². The van der Waals surface area contributed by atoms with Crippen molar-refractivity contribution in [2.75, 3.05) is 13.1 Å². The highest BCUT2D eigenvalue weighted by molar-refractivity contribution is 7.89. The molecular formula is C13H19N3O2S3. The van der Waals surface area contributed by atoms with Gasteiger partial charge in [-0.25, -0.2) is 18.1 Å². The second-order valence-electron chi connectivity index (χ2n) is 4.49. The molecule has 2 aromatic rings. The van der Waals surface area contributed by atoms with Crippen LogP contribution in [0.3, 0.4) is 0 Å². The zero-order valence-corrected chi connectivity index (χ0v) is 14.5. The Kier molecular flexibility index (Phi) is 5.88. The lowest BCUT2D eigenvalue weighted by Crippen LogP contribution is -2.27. The number of nitrogens with one attached hydrogen (secondary N) is 2. The second-order valence-corrected chi connectivity index (χ2v) is 8.29. The van der Waals surface area contributed by atoms with Crippen molar-refractivity contribution in [3.8, 4) is 0 Å². The molecule has 8 heteroatoms. The number of thiophene rings is 1. The number of aryl methyl sites for hydroxylation is 1. The first-order valence-corrected chi connectivity index (χ1v) is 9.95. The van der Waals surface area contributed by atoms with E-state index in [1.807, 2.05) is 24.6 Å². The second kappa shape index (κ2) is 7.46. The van der Waals surface area contributed by atoms with Gasteiger partial charge >= 0.3 is 0 Å². The Bertz CT molecular complexity index is 676. The number of sulfonamides is 1. The van der Waals surface area contributed by atoms with Crippen LogP contribution in [0, 0.1) is 6.92 Å². The number of hydrogen-bond acceptors (Lipinski definition) is 6. The summed E-state index contributed by atoms with van der Waals surface area (Å²) in [5.74, 6) is 0. The van der Waals surface area contributed by atoms with Gasteiger partial charge in [0.2, 0.25) is 10.0 Å². The Hall–Kier alpha value is -0.800. The average molecular weight is 346 g/mol. The summed E-state index contributed by atoms with van der Waals surface area (Å²) >= 11 is 3.03. The van der Waals surface area contributed by atoms with Crippen LogP contribution in [-0.4, -0.2) is 26.5 Å². The van der Waals surface area contributed by atoms with E-state index in [2.05, 4.69) is 15.0 Å². The molecule has 0 atom stereocenters. The van der Waals surface area contributed by atoms with Crippen LogP contribution in [0.5, 0.6) is 0 Å². The van der Waals surface area contributed by atoms with Crippen molar-refractivity contribution < 1.29 is 8.42 Å². The Morgan fingerprint density at radius 3 is 2.81 bits per heavy atom. The van der Waals surface area contributed by atoms with Gasteiger partial charge < -0.3 is 5.32 Å². The smallest absolute Gasteiger partial charge is 0.241 e. The first kappa shape index (κ1) is 16.6. The predicted octanol–water partition coefficient (Wildman–Crippen LogP) is 2.14. The fourth-order valence-electron chi connectivity index (χ4n) is 1.85. The van der Waals surface area contributed by atoms with Gasteiger partial charge in [-0.05, 0) is 24.9 Å². The maximum Gasteiger partial charge on any atom is 0.241 e. The van der Waals surface area contributed by atoms with Crippen LogP contribution in [0.25, 0.3) is 0 Å². The monoisotopic (exact) mass is 345 g/mol. The van der Waals surface area contributed by atoms with Crippen LogP contribution in [0.15, 0.2) is 21.7 Å². The molecule has 0 saturated heterocycles. The molecule has 2 N–H and O–H groups in total. The van der Waals surface area contributed by atoms with Gasteiger partial charge in [0.1, 0.15) is 0 Å². The lowest BCUT2D eigenvalue weighted by atomic mass is 10.3. The third-order valence-electron chi connectivity index (χ3n) is 2.87. The van der Waals surface area contributed by atoms with Crippen LogP contribution < -0.4 is 10.0 Å². The van der Waals surface area contributed by atoms with E-state index in [4.69, 9.17) is 0 Å². The van der Waals surface area contributed by atoms with E-state index in [0.717, 1.165) is 22.1 Å². The molecule has 0 bridgehead atoms. The van der Waals surface area contributed by atoms with E-state index in [-0.39, 0.29) is 0 Å². The molecule has 21 heavy (non-hydrogen) atoms. The third kappa shape index (κ3) is 4.58. The molecular weight excluding hydrogens is 326 g/mol. The molecule has 0 aliphatic rings. The minimum absolute atomic E-state index is 0.363. The molecule has 2 heterocycles. The fraction of sp³-hybridized carbons (Fsp3) is 0.462. The summed E-state index contributed by atoms with van der Waals surface area (Å²) in [7, 11) is -3.45. The van der Waals surface area contributed by atoms with E-state index in [1.54, 1.807) is 17.4 Å². The highest BCUT2D eigenvalue weighted by Crippen LogP contribution is 2.21. The summed E-state index contributed by atoms with van der Waals surface area (Å²) in [5.41, 5.74) is 0.929. The fourth-order valence-corrected chi connectivity index (χ4v) is 4.94. The Labute approximate surface area is 133 Å². The topological polar surface area (TPSA) is 71.1 Å².